The van der Waals surface area contributed by atoms with Gasteiger partial charge in [-0.3, -0.25) is 4.90 Å². The Bertz CT molecular complexity index is 524. The van der Waals surface area contributed by atoms with E-state index in [4.69, 9.17) is 9.52 Å². The first kappa shape index (κ1) is 13.8. The molecule has 4 heteroatoms. The van der Waals surface area contributed by atoms with E-state index in [1.165, 1.54) is 6.07 Å². The fourth-order valence-electron chi connectivity index (χ4n) is 1.96. The Hall–Kier alpha value is -1.65. The first-order chi connectivity index (χ1) is 9.22. The molecule has 2 aromatic rings. The molecule has 0 saturated heterocycles. The fourth-order valence-corrected chi connectivity index (χ4v) is 1.96. The molecule has 0 spiro atoms. The van der Waals surface area contributed by atoms with Crippen LogP contribution in [-0.2, 0) is 19.7 Å². The summed E-state index contributed by atoms with van der Waals surface area (Å²) in [5.74, 6) is 1.15. The lowest BCUT2D eigenvalue weighted by atomic mass is 10.2. The van der Waals surface area contributed by atoms with Crippen molar-refractivity contribution in [2.75, 3.05) is 6.54 Å². The minimum Gasteiger partial charge on any atom is -0.462 e. The number of halogens is 1. The Kier molecular flexibility index (Phi) is 4.71. The SMILES string of the molecule is CCN(Cc1ccc(CO)o1)Cc1ccccc1F. The molecule has 2 rings (SSSR count). The van der Waals surface area contributed by atoms with Crippen LogP contribution in [0.15, 0.2) is 40.8 Å². The van der Waals surface area contributed by atoms with Crippen molar-refractivity contribution in [2.45, 2.75) is 26.6 Å². The van der Waals surface area contributed by atoms with Crippen LogP contribution < -0.4 is 0 Å². The molecule has 0 aliphatic heterocycles. The molecule has 0 amide bonds. The molecule has 0 aliphatic rings. The van der Waals surface area contributed by atoms with Crippen LogP contribution in [0.3, 0.4) is 0 Å². The third-order valence-electron chi connectivity index (χ3n) is 3.05. The maximum absolute atomic E-state index is 13.6. The van der Waals surface area contributed by atoms with Crippen molar-refractivity contribution >= 4 is 0 Å². The molecule has 0 fully saturated rings. The van der Waals surface area contributed by atoms with Crippen LogP contribution in [0.25, 0.3) is 0 Å². The molecule has 0 atom stereocenters. The summed E-state index contributed by atoms with van der Waals surface area (Å²) in [6.45, 7) is 3.86. The summed E-state index contributed by atoms with van der Waals surface area (Å²) in [5, 5.41) is 8.96. The topological polar surface area (TPSA) is 36.6 Å². The van der Waals surface area contributed by atoms with Crippen LogP contribution in [0.2, 0.25) is 0 Å². The van der Waals surface area contributed by atoms with Crippen molar-refractivity contribution in [3.63, 3.8) is 0 Å². The highest BCUT2D eigenvalue weighted by Crippen LogP contribution is 2.14. The third-order valence-corrected chi connectivity index (χ3v) is 3.05. The molecule has 0 unspecified atom stereocenters. The molecule has 3 nitrogen and oxygen atoms in total. The van der Waals surface area contributed by atoms with E-state index in [2.05, 4.69) is 4.90 Å². The summed E-state index contributed by atoms with van der Waals surface area (Å²) >= 11 is 0. The van der Waals surface area contributed by atoms with Gasteiger partial charge in [-0.25, -0.2) is 4.39 Å². The summed E-state index contributed by atoms with van der Waals surface area (Å²) in [6, 6.07) is 10.4. The Morgan fingerprint density at radius 3 is 2.47 bits per heavy atom. The van der Waals surface area contributed by atoms with Crippen molar-refractivity contribution in [3.05, 3.63) is 59.3 Å². The molecule has 0 radical (unpaired) electrons. The minimum absolute atomic E-state index is 0.0978. The highest BCUT2D eigenvalue weighted by Gasteiger charge is 2.10. The summed E-state index contributed by atoms with van der Waals surface area (Å²) in [4.78, 5) is 2.08. The average molecular weight is 263 g/mol. The predicted molar refractivity (Wildman–Crippen MR) is 70.8 cm³/mol. The van der Waals surface area contributed by atoms with Gasteiger partial charge in [0.1, 0.15) is 23.9 Å². The van der Waals surface area contributed by atoms with E-state index in [0.717, 1.165) is 12.3 Å². The summed E-state index contributed by atoms with van der Waals surface area (Å²) in [5.41, 5.74) is 0.679. The monoisotopic (exact) mass is 263 g/mol. The van der Waals surface area contributed by atoms with Crippen LogP contribution in [-0.4, -0.2) is 16.6 Å². The molecule has 1 N–H and O–H groups in total. The molecule has 0 aliphatic carbocycles. The molecule has 0 bridgehead atoms. The van der Waals surface area contributed by atoms with Gasteiger partial charge in [0, 0.05) is 12.1 Å². The lowest BCUT2D eigenvalue weighted by Gasteiger charge is -2.19. The second-order valence-electron chi connectivity index (χ2n) is 4.42. The van der Waals surface area contributed by atoms with Crippen LogP contribution in [0.1, 0.15) is 24.0 Å². The normalized spacial score (nSPS) is 11.2. The third kappa shape index (κ3) is 3.66. The number of rotatable bonds is 6. The number of aliphatic hydroxyl groups excluding tert-OH is 1. The lowest BCUT2D eigenvalue weighted by molar-refractivity contribution is 0.218. The number of hydrogen-bond donors (Lipinski definition) is 1. The van der Waals surface area contributed by atoms with Gasteiger partial charge in [0.25, 0.3) is 0 Å². The Morgan fingerprint density at radius 1 is 1.11 bits per heavy atom. The van der Waals surface area contributed by atoms with Gasteiger partial charge in [-0.2, -0.15) is 0 Å². The smallest absolute Gasteiger partial charge is 0.129 e. The second-order valence-corrected chi connectivity index (χ2v) is 4.42. The van der Waals surface area contributed by atoms with E-state index in [-0.39, 0.29) is 12.4 Å². The molecule has 19 heavy (non-hydrogen) atoms. The van der Waals surface area contributed by atoms with E-state index in [0.29, 0.717) is 24.4 Å². The van der Waals surface area contributed by atoms with Gasteiger partial charge >= 0.3 is 0 Å². The van der Waals surface area contributed by atoms with E-state index >= 15 is 0 Å². The van der Waals surface area contributed by atoms with E-state index in [1.54, 1.807) is 18.2 Å². The highest BCUT2D eigenvalue weighted by atomic mass is 19.1. The first-order valence-corrected chi connectivity index (χ1v) is 6.37. The van der Waals surface area contributed by atoms with Gasteiger partial charge in [0.05, 0.1) is 6.54 Å². The van der Waals surface area contributed by atoms with Gasteiger partial charge in [0.2, 0.25) is 0 Å². The first-order valence-electron chi connectivity index (χ1n) is 6.37. The molecule has 102 valence electrons. The summed E-state index contributed by atoms with van der Waals surface area (Å²) in [7, 11) is 0. The van der Waals surface area contributed by atoms with Crippen LogP contribution >= 0.6 is 0 Å². The molecule has 1 aromatic heterocycles. The number of furan rings is 1. The van der Waals surface area contributed by atoms with Crippen LogP contribution in [0, 0.1) is 5.82 Å². The maximum atomic E-state index is 13.6. The van der Waals surface area contributed by atoms with Crippen LogP contribution in [0.5, 0.6) is 0 Å². The zero-order chi connectivity index (χ0) is 13.7. The fraction of sp³-hybridized carbons (Fsp3) is 0.333. The van der Waals surface area contributed by atoms with Gasteiger partial charge < -0.3 is 9.52 Å². The van der Waals surface area contributed by atoms with Crippen molar-refractivity contribution < 1.29 is 13.9 Å². The Labute approximate surface area is 112 Å². The van der Waals surface area contributed by atoms with Gasteiger partial charge in [0.15, 0.2) is 0 Å². The average Bonchev–Trinajstić information content (AvgIpc) is 2.88. The predicted octanol–water partition coefficient (Wildman–Crippen LogP) is 2.93. The summed E-state index contributed by atoms with van der Waals surface area (Å²) < 4.78 is 19.0. The number of aliphatic hydroxyl groups is 1. The number of benzene rings is 1. The van der Waals surface area contributed by atoms with Gasteiger partial charge in [-0.15, -0.1) is 0 Å². The largest absolute Gasteiger partial charge is 0.462 e. The van der Waals surface area contributed by atoms with Crippen molar-refractivity contribution in [2.24, 2.45) is 0 Å². The Morgan fingerprint density at radius 2 is 1.84 bits per heavy atom. The standard InChI is InChI=1S/C15H18FNO2/c1-2-17(9-12-5-3-4-6-15(12)16)10-13-7-8-14(11-18)19-13/h3-8,18H,2,9-11H2,1H3. The summed E-state index contributed by atoms with van der Waals surface area (Å²) in [6.07, 6.45) is 0. The zero-order valence-electron chi connectivity index (χ0n) is 11.0. The molecule has 1 aromatic carbocycles. The van der Waals surface area contributed by atoms with Gasteiger partial charge in [-0.05, 0) is 24.7 Å². The Balaban J connectivity index is 2.02. The molecular formula is C15H18FNO2. The lowest BCUT2D eigenvalue weighted by Crippen LogP contribution is -2.22. The van der Waals surface area contributed by atoms with E-state index < -0.39 is 0 Å². The minimum atomic E-state index is -0.184. The van der Waals surface area contributed by atoms with Crippen molar-refractivity contribution in [1.82, 2.24) is 4.90 Å². The van der Waals surface area contributed by atoms with E-state index in [9.17, 15) is 4.39 Å². The van der Waals surface area contributed by atoms with Crippen molar-refractivity contribution in [1.29, 1.82) is 0 Å². The highest BCUT2D eigenvalue weighted by molar-refractivity contribution is 5.17. The number of nitrogens with zero attached hydrogens (tertiary/aromatic N) is 1. The van der Waals surface area contributed by atoms with E-state index in [1.807, 2.05) is 19.1 Å². The molecular weight excluding hydrogens is 245 g/mol. The maximum Gasteiger partial charge on any atom is 0.129 e. The molecule has 1 heterocycles. The van der Waals surface area contributed by atoms with Crippen LogP contribution in [0.4, 0.5) is 4.39 Å². The molecule has 0 saturated carbocycles. The quantitative estimate of drug-likeness (QED) is 0.870. The second kappa shape index (κ2) is 6.50. The van der Waals surface area contributed by atoms with Gasteiger partial charge in [-0.1, -0.05) is 25.1 Å². The van der Waals surface area contributed by atoms with Crippen molar-refractivity contribution in [3.8, 4) is 0 Å². The zero-order valence-corrected chi connectivity index (χ0v) is 11.0. The number of hydrogen-bond acceptors (Lipinski definition) is 3.